The highest BCUT2D eigenvalue weighted by atomic mass is 35.5. The number of anilines is 1. The number of carbonyl (C=O) groups is 5. The number of hydrogen-bond acceptors (Lipinski definition) is 6. The maximum absolute atomic E-state index is 13.3. The predicted octanol–water partition coefficient (Wildman–Crippen LogP) is 4.03. The van der Waals surface area contributed by atoms with Gasteiger partial charge in [-0.05, 0) is 79.3 Å². The Balaban J connectivity index is 1.14. The molecule has 2 aliphatic rings. The normalized spacial score (nSPS) is 20.0. The molecule has 1 aliphatic carbocycles. The maximum atomic E-state index is 13.3. The van der Waals surface area contributed by atoms with Crippen LogP contribution < -0.4 is 15.8 Å². The highest BCUT2D eigenvalue weighted by Crippen LogP contribution is 2.45. The molecule has 1 heterocycles. The molecular weight excluding hydrogens is 534 g/mol. The number of rotatable bonds is 6. The maximum Gasteiger partial charge on any atom is 0.338 e. The van der Waals surface area contributed by atoms with E-state index in [0.717, 1.165) is 6.42 Å². The second kappa shape index (κ2) is 11.7. The molecule has 1 saturated carbocycles. The summed E-state index contributed by atoms with van der Waals surface area (Å²) in [7, 11) is 0. The van der Waals surface area contributed by atoms with Gasteiger partial charge in [0.2, 0.25) is 11.8 Å². The lowest BCUT2D eigenvalue weighted by molar-refractivity contribution is -0.125. The van der Waals surface area contributed by atoms with Crippen LogP contribution in [0.5, 0.6) is 0 Å². The minimum atomic E-state index is -0.774. The first-order chi connectivity index (χ1) is 19.3. The zero-order valence-corrected chi connectivity index (χ0v) is 22.1. The highest BCUT2D eigenvalue weighted by molar-refractivity contribution is 6.30. The minimum absolute atomic E-state index is 0.141. The zero-order chi connectivity index (χ0) is 28.2. The number of fused-ring (bicyclic) bond motifs is 1. The Labute approximate surface area is 235 Å². The van der Waals surface area contributed by atoms with Crippen LogP contribution in [0.4, 0.5) is 5.69 Å². The van der Waals surface area contributed by atoms with E-state index < -0.39 is 24.4 Å². The third-order valence-corrected chi connectivity index (χ3v) is 7.57. The average Bonchev–Trinajstić information content (AvgIpc) is 3.24. The molecule has 0 unspecified atom stereocenters. The lowest BCUT2D eigenvalue weighted by Crippen LogP contribution is -2.43. The fourth-order valence-corrected chi connectivity index (χ4v) is 5.38. The Morgan fingerprint density at radius 3 is 2.15 bits per heavy atom. The van der Waals surface area contributed by atoms with Crippen LogP contribution in [0, 0.1) is 11.8 Å². The number of amides is 4. The van der Waals surface area contributed by atoms with Crippen molar-refractivity contribution in [2.24, 2.45) is 11.8 Å². The Morgan fingerprint density at radius 2 is 1.45 bits per heavy atom. The molecule has 4 amide bonds. The fraction of sp³-hybridized carbons (Fsp3) is 0.233. The molecule has 1 aliphatic heterocycles. The largest absolute Gasteiger partial charge is 0.452 e. The van der Waals surface area contributed by atoms with Crippen molar-refractivity contribution < 1.29 is 28.7 Å². The molecule has 3 aromatic carbocycles. The molecule has 0 bridgehead atoms. The van der Waals surface area contributed by atoms with E-state index in [1.54, 1.807) is 0 Å². The summed E-state index contributed by atoms with van der Waals surface area (Å²) in [5.41, 5.74) is 6.38. The average molecular weight is 560 g/mol. The number of hydrazine groups is 1. The van der Waals surface area contributed by atoms with Crippen LogP contribution in [-0.2, 0) is 19.1 Å². The first kappa shape index (κ1) is 27.1. The van der Waals surface area contributed by atoms with Crippen molar-refractivity contribution in [3.63, 3.8) is 0 Å². The second-order valence-electron chi connectivity index (χ2n) is 9.78. The number of hydrogen-bond donors (Lipinski definition) is 2. The Morgan fingerprint density at radius 1 is 0.800 bits per heavy atom. The fourth-order valence-electron chi connectivity index (χ4n) is 5.26. The molecule has 1 saturated heterocycles. The zero-order valence-electron chi connectivity index (χ0n) is 21.3. The van der Waals surface area contributed by atoms with Crippen molar-refractivity contribution in [3.05, 3.63) is 101 Å². The number of nitrogens with zero attached hydrogens (tertiary/aromatic N) is 1. The van der Waals surface area contributed by atoms with Gasteiger partial charge >= 0.3 is 5.97 Å². The Kier molecular flexibility index (Phi) is 7.93. The molecule has 0 spiro atoms. The summed E-state index contributed by atoms with van der Waals surface area (Å²) in [6.45, 7) is -0.628. The van der Waals surface area contributed by atoms with E-state index in [2.05, 4.69) is 23.0 Å². The molecule has 204 valence electrons. The molecule has 3 atom stereocenters. The molecule has 3 aromatic rings. The molecule has 9 nitrogen and oxygen atoms in total. The standard InChI is InChI=1S/C30H26ClN3O6/c31-22-11-6-19(7-12-22)27(36)33-32-26(35)17-40-30(39)20-8-13-23(14-9-20)34-28(37)24-15-10-21(16-25(24)29(34)38)18-4-2-1-3-5-18/h1-9,11-14,21,24-25H,10,15-17H2,(H,32,35)(H,33,36)/t21-,24-,25-/m1/s1. The third kappa shape index (κ3) is 5.74. The van der Waals surface area contributed by atoms with Gasteiger partial charge in [-0.25, -0.2) is 4.79 Å². The van der Waals surface area contributed by atoms with Crippen LogP contribution in [0.1, 0.15) is 51.5 Å². The van der Waals surface area contributed by atoms with E-state index in [9.17, 15) is 24.0 Å². The van der Waals surface area contributed by atoms with Crippen LogP contribution in [-0.4, -0.2) is 36.2 Å². The number of halogens is 1. The number of ether oxygens (including phenoxy) is 1. The van der Waals surface area contributed by atoms with Crippen LogP contribution in [0.2, 0.25) is 5.02 Å². The number of imide groups is 1. The molecule has 0 radical (unpaired) electrons. The van der Waals surface area contributed by atoms with Gasteiger partial charge in [0.15, 0.2) is 6.61 Å². The van der Waals surface area contributed by atoms with Crippen LogP contribution in [0.25, 0.3) is 0 Å². The lowest BCUT2D eigenvalue weighted by Gasteiger charge is -2.28. The van der Waals surface area contributed by atoms with Gasteiger partial charge in [-0.1, -0.05) is 41.9 Å². The van der Waals surface area contributed by atoms with Crippen LogP contribution >= 0.6 is 11.6 Å². The van der Waals surface area contributed by atoms with Crippen molar-refractivity contribution in [3.8, 4) is 0 Å². The third-order valence-electron chi connectivity index (χ3n) is 7.31. The van der Waals surface area contributed by atoms with Crippen molar-refractivity contribution in [2.75, 3.05) is 11.5 Å². The molecule has 5 rings (SSSR count). The summed E-state index contributed by atoms with van der Waals surface area (Å²) in [6, 6.07) is 22.0. The summed E-state index contributed by atoms with van der Waals surface area (Å²) in [6.07, 6.45) is 2.13. The molecule has 2 N–H and O–H groups in total. The molecule has 2 fully saturated rings. The second-order valence-corrected chi connectivity index (χ2v) is 10.2. The van der Waals surface area contributed by atoms with Crippen LogP contribution in [0.3, 0.4) is 0 Å². The van der Waals surface area contributed by atoms with E-state index in [4.69, 9.17) is 16.3 Å². The van der Waals surface area contributed by atoms with Crippen molar-refractivity contribution in [2.45, 2.75) is 25.2 Å². The smallest absolute Gasteiger partial charge is 0.338 e. The first-order valence-electron chi connectivity index (χ1n) is 12.9. The van der Waals surface area contributed by atoms with E-state index in [1.807, 2.05) is 18.2 Å². The van der Waals surface area contributed by atoms with Gasteiger partial charge in [0.1, 0.15) is 0 Å². The van der Waals surface area contributed by atoms with Gasteiger partial charge in [0.25, 0.3) is 11.8 Å². The van der Waals surface area contributed by atoms with E-state index >= 15 is 0 Å². The van der Waals surface area contributed by atoms with E-state index in [1.165, 1.54) is 59.0 Å². The monoisotopic (exact) mass is 559 g/mol. The first-order valence-corrected chi connectivity index (χ1v) is 13.2. The van der Waals surface area contributed by atoms with Gasteiger partial charge in [-0.3, -0.25) is 34.9 Å². The van der Waals surface area contributed by atoms with Gasteiger partial charge < -0.3 is 4.74 Å². The van der Waals surface area contributed by atoms with Crippen molar-refractivity contribution in [1.29, 1.82) is 0 Å². The van der Waals surface area contributed by atoms with Gasteiger partial charge in [0.05, 0.1) is 23.1 Å². The topological polar surface area (TPSA) is 122 Å². The Bertz CT molecular complexity index is 1440. The minimum Gasteiger partial charge on any atom is -0.452 e. The number of benzene rings is 3. The lowest BCUT2D eigenvalue weighted by atomic mass is 9.73. The van der Waals surface area contributed by atoms with Crippen LogP contribution in [0.15, 0.2) is 78.9 Å². The quantitative estimate of drug-likeness (QED) is 0.267. The predicted molar refractivity (Wildman–Crippen MR) is 146 cm³/mol. The summed E-state index contributed by atoms with van der Waals surface area (Å²) in [5, 5.41) is 0.467. The van der Waals surface area contributed by atoms with Gasteiger partial charge in [-0.2, -0.15) is 0 Å². The number of carbonyl (C=O) groups excluding carboxylic acids is 5. The van der Waals surface area contributed by atoms with Gasteiger partial charge in [-0.15, -0.1) is 0 Å². The number of esters is 1. The summed E-state index contributed by atoms with van der Waals surface area (Å²) >= 11 is 5.79. The summed E-state index contributed by atoms with van der Waals surface area (Å²) < 4.78 is 5.02. The van der Waals surface area contributed by atoms with E-state index in [0.29, 0.717) is 23.6 Å². The summed E-state index contributed by atoms with van der Waals surface area (Å²) in [4.78, 5) is 64.1. The molecule has 10 heteroatoms. The van der Waals surface area contributed by atoms with Crippen molar-refractivity contribution >= 4 is 46.9 Å². The van der Waals surface area contributed by atoms with E-state index in [-0.39, 0.29) is 40.7 Å². The van der Waals surface area contributed by atoms with Crippen molar-refractivity contribution in [1.82, 2.24) is 10.9 Å². The number of nitrogens with one attached hydrogen (secondary N) is 2. The molecular formula is C30H26ClN3O6. The van der Waals surface area contributed by atoms with Gasteiger partial charge in [0, 0.05) is 10.6 Å². The summed E-state index contributed by atoms with van der Waals surface area (Å²) in [5.74, 6) is -2.98. The molecule has 0 aromatic heterocycles. The molecule has 40 heavy (non-hydrogen) atoms. The Hall–Kier alpha value is -4.50. The SMILES string of the molecule is O=C(COC(=O)c1ccc(N2C(=O)[C@@H]3CC[C@@H](c4ccccc4)C[C@H]3C2=O)cc1)NNC(=O)c1ccc(Cl)cc1. The highest BCUT2D eigenvalue weighted by Gasteiger charge is 2.50.